The molecule has 0 aliphatic carbocycles. The van der Waals surface area contributed by atoms with Crippen molar-refractivity contribution in [2.75, 3.05) is 19.5 Å². The third-order valence-electron chi connectivity index (χ3n) is 8.92. The predicted octanol–water partition coefficient (Wildman–Crippen LogP) is 5.46. The summed E-state index contributed by atoms with van der Waals surface area (Å²) in [6.07, 6.45) is -4.12. The zero-order valence-electron chi connectivity index (χ0n) is 29.0. The first-order valence-electron chi connectivity index (χ1n) is 16.7. The summed E-state index contributed by atoms with van der Waals surface area (Å²) >= 11 is 1.93. The number of halogens is 1. The van der Waals surface area contributed by atoms with Crippen molar-refractivity contribution in [3.05, 3.63) is 118 Å². The van der Waals surface area contributed by atoms with Crippen LogP contribution >= 0.6 is 30.3 Å². The van der Waals surface area contributed by atoms with E-state index in [2.05, 4.69) is 20.0 Å². The fourth-order valence-corrected chi connectivity index (χ4v) is 8.42. The van der Waals surface area contributed by atoms with E-state index in [9.17, 15) is 15.0 Å². The van der Waals surface area contributed by atoms with E-state index < -0.39 is 50.4 Å². The van der Waals surface area contributed by atoms with E-state index in [4.69, 9.17) is 29.0 Å². The van der Waals surface area contributed by atoms with Gasteiger partial charge in [0.15, 0.2) is 21.2 Å². The number of carbonyl (C=O) groups excluding carboxylic acids is 1. The molecule has 15 nitrogen and oxygen atoms in total. The lowest BCUT2D eigenvalue weighted by Gasteiger charge is -2.28. The van der Waals surface area contributed by atoms with Crippen molar-refractivity contribution in [2.45, 2.75) is 43.6 Å². The number of hydrogen-bond acceptors (Lipinski definition) is 13. The summed E-state index contributed by atoms with van der Waals surface area (Å²) < 4.78 is 46.3. The van der Waals surface area contributed by atoms with E-state index in [1.807, 2.05) is 77.2 Å². The second-order valence-electron chi connectivity index (χ2n) is 12.6. The third-order valence-corrected chi connectivity index (χ3v) is 11.2. The van der Waals surface area contributed by atoms with Crippen LogP contribution in [-0.2, 0) is 30.0 Å². The molecule has 0 radical (unpaired) electrons. The number of nitrogens with two attached hydrogens (primary N) is 1. The Labute approximate surface area is 323 Å². The van der Waals surface area contributed by atoms with E-state index in [0.29, 0.717) is 14.8 Å². The average Bonchev–Trinajstić information content (AvgIpc) is 3.62. The molecule has 2 unspecified atom stereocenters. The number of nitrogens with one attached hydrogen (secondary N) is 1. The monoisotopic (exact) mass is 866 g/mol. The van der Waals surface area contributed by atoms with Crippen LogP contribution < -0.4 is 20.1 Å². The normalized spacial score (nSPS) is 21.5. The second-order valence-corrected chi connectivity index (χ2v) is 15.3. The lowest BCUT2D eigenvalue weighted by atomic mass is 9.96. The zero-order valence-corrected chi connectivity index (χ0v) is 32.0. The fourth-order valence-electron chi connectivity index (χ4n) is 6.19. The molecule has 0 amide bonds. The number of rotatable bonds is 13. The molecule has 3 heterocycles. The van der Waals surface area contributed by atoms with Crippen molar-refractivity contribution in [2.24, 2.45) is 0 Å². The number of nitrogen functional groups attached to an aromatic ring is 1. The summed E-state index contributed by atoms with van der Waals surface area (Å²) in [5.41, 5.74) is 5.62. The number of methoxy groups -OCH3 is 1. The summed E-state index contributed by atoms with van der Waals surface area (Å²) in [7, 11) is -3.17. The maximum absolute atomic E-state index is 15.0. The molecule has 6 aromatic rings. The maximum atomic E-state index is 15.0. The third kappa shape index (κ3) is 7.63. The molecule has 280 valence electrons. The number of esters is 1. The number of anilines is 1. The van der Waals surface area contributed by atoms with Crippen molar-refractivity contribution in [3.63, 3.8) is 0 Å². The Morgan fingerprint density at radius 3 is 2.44 bits per heavy atom. The highest BCUT2D eigenvalue weighted by atomic mass is 127. The minimum absolute atomic E-state index is 0.0389. The smallest absolute Gasteiger partial charge is 0.459 e. The van der Waals surface area contributed by atoms with Gasteiger partial charge in [-0.15, -0.1) is 0 Å². The van der Waals surface area contributed by atoms with Gasteiger partial charge in [0, 0.05) is 28.0 Å². The summed E-state index contributed by atoms with van der Waals surface area (Å²) in [4.78, 5) is 26.6. The summed E-state index contributed by atoms with van der Waals surface area (Å²) in [5.74, 6) is -0.534. The van der Waals surface area contributed by atoms with E-state index >= 15 is 4.57 Å². The summed E-state index contributed by atoms with van der Waals surface area (Å²) in [6, 6.07) is 29.0. The van der Waals surface area contributed by atoms with Gasteiger partial charge in [0.05, 0.1) is 13.7 Å². The van der Waals surface area contributed by atoms with Crippen LogP contribution in [0.2, 0.25) is 0 Å². The molecule has 0 saturated carbocycles. The Morgan fingerprint density at radius 1 is 1.02 bits per heavy atom. The van der Waals surface area contributed by atoms with Gasteiger partial charge >= 0.3 is 13.7 Å². The van der Waals surface area contributed by atoms with Gasteiger partial charge in [-0.2, -0.15) is 15.1 Å². The number of aromatic nitrogens is 4. The van der Waals surface area contributed by atoms with Crippen molar-refractivity contribution in [3.8, 4) is 11.6 Å². The summed E-state index contributed by atoms with van der Waals surface area (Å²) in [5, 5.41) is 27.4. The van der Waals surface area contributed by atoms with Crippen molar-refractivity contribution in [1.29, 1.82) is 0 Å². The van der Waals surface area contributed by atoms with Gasteiger partial charge < -0.3 is 34.7 Å². The molecule has 1 aliphatic rings. The largest absolute Gasteiger partial charge is 0.479 e. The Morgan fingerprint density at radius 2 is 1.70 bits per heavy atom. The molecular weight excluding hydrogens is 830 g/mol. The van der Waals surface area contributed by atoms with Crippen LogP contribution in [0.3, 0.4) is 0 Å². The van der Waals surface area contributed by atoms with Gasteiger partial charge in [-0.3, -0.25) is 9.09 Å². The molecule has 6 atom stereocenters. The number of aliphatic hydroxyl groups is 2. The highest BCUT2D eigenvalue weighted by molar-refractivity contribution is 14.1. The van der Waals surface area contributed by atoms with Crippen LogP contribution in [0.5, 0.6) is 11.6 Å². The van der Waals surface area contributed by atoms with E-state index in [0.717, 1.165) is 10.9 Å². The molecule has 0 spiro atoms. The topological polar surface area (TPSA) is 202 Å². The number of benzene rings is 4. The fraction of sp³-hybridized carbons (Fsp3) is 0.243. The number of nitrogens with zero attached hydrogens (tertiary/aromatic N) is 4. The number of carbonyl (C=O) groups is 1. The predicted molar refractivity (Wildman–Crippen MR) is 206 cm³/mol. The molecule has 1 saturated heterocycles. The maximum Gasteiger partial charge on any atom is 0.459 e. The molecular formula is C37H36IN6O9P. The van der Waals surface area contributed by atoms with Gasteiger partial charge in [-0.25, -0.2) is 14.3 Å². The average molecular weight is 867 g/mol. The number of fused-ring (bicyclic) bond motifs is 2. The molecule has 5 N–H and O–H groups in total. The molecule has 0 bridgehead atoms. The number of imidazole rings is 1. The Kier molecular flexibility index (Phi) is 10.9. The first-order valence-corrected chi connectivity index (χ1v) is 19.4. The van der Waals surface area contributed by atoms with Crippen LogP contribution in [0.15, 0.2) is 103 Å². The van der Waals surface area contributed by atoms with Crippen LogP contribution in [0.25, 0.3) is 21.9 Å². The first-order chi connectivity index (χ1) is 26.0. The van der Waals surface area contributed by atoms with Gasteiger partial charge in [-0.1, -0.05) is 97.1 Å². The molecule has 17 heteroatoms. The minimum atomic E-state index is -4.58. The first kappa shape index (κ1) is 37.6. The SMILES string of the molecule is COc1nc(N)nc2c1nc(I)n2C1O[C@H](COP(=O)(N[C@H](C(=O)OCc2ccccc2)c2ccccc2)Oc2cccc3ccccc23)[C@@H](O)[C@@]1(C)O. The Bertz CT molecular complexity index is 2330. The lowest BCUT2D eigenvalue weighted by molar-refractivity contribution is -0.147. The minimum Gasteiger partial charge on any atom is -0.479 e. The zero-order chi connectivity index (χ0) is 38.0. The van der Waals surface area contributed by atoms with Crippen molar-refractivity contribution >= 4 is 64.2 Å². The van der Waals surface area contributed by atoms with Gasteiger partial charge in [0.1, 0.15) is 36.2 Å². The number of hydrogen-bond donors (Lipinski definition) is 4. The number of ether oxygens (including phenoxy) is 3. The van der Waals surface area contributed by atoms with Crippen molar-refractivity contribution < 1.29 is 42.8 Å². The van der Waals surface area contributed by atoms with Crippen LogP contribution in [-0.4, -0.2) is 67.2 Å². The van der Waals surface area contributed by atoms with Crippen LogP contribution in [0.4, 0.5) is 5.95 Å². The quantitative estimate of drug-likeness (QED) is 0.0493. The van der Waals surface area contributed by atoms with E-state index in [-0.39, 0.29) is 35.3 Å². The van der Waals surface area contributed by atoms with E-state index in [1.54, 1.807) is 48.5 Å². The van der Waals surface area contributed by atoms with E-state index in [1.165, 1.54) is 18.6 Å². The highest BCUT2D eigenvalue weighted by Gasteiger charge is 2.55. The van der Waals surface area contributed by atoms with Crippen molar-refractivity contribution in [1.82, 2.24) is 24.6 Å². The molecule has 54 heavy (non-hydrogen) atoms. The highest BCUT2D eigenvalue weighted by Crippen LogP contribution is 2.50. The molecule has 2 aromatic heterocycles. The standard InChI is InChI=1S/C37H36IN6O9P/c1-37(47)30(45)27(52-34(37)44-31-29(40-35(44)38)32(49-2)42-36(39)41-31)21-51-54(48,53-26-19-11-17-23-14-9-10-18-25(23)26)43-28(24-15-7-4-8-16-24)33(46)50-20-22-12-5-3-6-13-22/h3-19,27-28,30,34,45,47H,20-21H2,1-2H3,(H,43,48)(H2,39,41,42)/t27-,28+,30-,34?,37-,54?/m1/s1. The molecule has 1 aliphatic heterocycles. The van der Waals surface area contributed by atoms with Gasteiger partial charge in [0.25, 0.3) is 0 Å². The summed E-state index contributed by atoms with van der Waals surface area (Å²) in [6.45, 7) is 0.778. The van der Waals surface area contributed by atoms with Crippen LogP contribution in [0, 0.1) is 3.83 Å². The molecule has 1 fully saturated rings. The Hall–Kier alpha value is -4.68. The van der Waals surface area contributed by atoms with Crippen LogP contribution in [0.1, 0.15) is 30.3 Å². The number of aliphatic hydroxyl groups excluding tert-OH is 1. The molecule has 7 rings (SSSR count). The second kappa shape index (κ2) is 15.6. The van der Waals surface area contributed by atoms with Gasteiger partial charge in [-0.05, 0) is 29.5 Å². The lowest BCUT2D eigenvalue weighted by Crippen LogP contribution is -2.44. The Balaban J connectivity index is 1.21. The molecule has 4 aromatic carbocycles. The van der Waals surface area contributed by atoms with Gasteiger partial charge in [0.2, 0.25) is 11.8 Å².